The summed E-state index contributed by atoms with van der Waals surface area (Å²) in [6, 6.07) is 3.32. The number of carbonyl (C=O) groups is 1. The van der Waals surface area contributed by atoms with Gasteiger partial charge in [-0.2, -0.15) is 0 Å². The van der Waals surface area contributed by atoms with Crippen molar-refractivity contribution < 1.29 is 9.21 Å². The molecule has 17 heavy (non-hydrogen) atoms. The zero-order valence-corrected chi connectivity index (χ0v) is 9.90. The molecule has 0 radical (unpaired) electrons. The van der Waals surface area contributed by atoms with E-state index in [-0.39, 0.29) is 5.91 Å². The quantitative estimate of drug-likeness (QED) is 0.768. The van der Waals surface area contributed by atoms with Crippen LogP contribution in [0.5, 0.6) is 0 Å². The molecule has 1 aromatic heterocycles. The number of furan rings is 1. The lowest BCUT2D eigenvalue weighted by Gasteiger charge is -2.25. The fourth-order valence-corrected chi connectivity index (χ4v) is 1.72. The van der Waals surface area contributed by atoms with Crippen LogP contribution < -0.4 is 10.9 Å². The zero-order chi connectivity index (χ0) is 12.1. The first-order valence-electron chi connectivity index (χ1n) is 5.81. The van der Waals surface area contributed by atoms with Crippen molar-refractivity contribution in [3.63, 3.8) is 0 Å². The molecule has 92 valence electrons. The molecule has 1 aliphatic heterocycles. The predicted molar refractivity (Wildman–Crippen MR) is 64.1 cm³/mol. The summed E-state index contributed by atoms with van der Waals surface area (Å²) in [5, 5.41) is 0. The molecular formula is C12H17N3O2. The molecule has 1 aromatic rings. The van der Waals surface area contributed by atoms with Gasteiger partial charge in [0.05, 0.1) is 6.26 Å². The lowest BCUT2D eigenvalue weighted by atomic mass is 10.2. The summed E-state index contributed by atoms with van der Waals surface area (Å²) in [5.74, 6) is 0.0536. The fraction of sp³-hybridized carbons (Fsp3) is 0.417. The summed E-state index contributed by atoms with van der Waals surface area (Å²) in [6.45, 7) is 5.15. The van der Waals surface area contributed by atoms with E-state index in [1.807, 2.05) is 0 Å². The fourth-order valence-electron chi connectivity index (χ4n) is 1.72. The Labute approximate surface area is 100 Å². The highest BCUT2D eigenvalue weighted by atomic mass is 16.3. The Bertz CT molecular complexity index is 398. The van der Waals surface area contributed by atoms with Crippen molar-refractivity contribution in [1.82, 2.24) is 15.8 Å². The van der Waals surface area contributed by atoms with E-state index in [1.54, 1.807) is 12.1 Å². The van der Waals surface area contributed by atoms with Gasteiger partial charge in [0, 0.05) is 25.2 Å². The average Bonchev–Trinajstić information content (AvgIpc) is 2.90. The van der Waals surface area contributed by atoms with Gasteiger partial charge in [-0.3, -0.25) is 15.1 Å². The molecule has 2 N–H and O–H groups in total. The van der Waals surface area contributed by atoms with Crippen LogP contribution >= 0.6 is 0 Å². The summed E-state index contributed by atoms with van der Waals surface area (Å²) in [4.78, 5) is 13.9. The van der Waals surface area contributed by atoms with Crippen molar-refractivity contribution in [1.29, 1.82) is 0 Å². The maximum atomic E-state index is 11.6. The van der Waals surface area contributed by atoms with E-state index in [9.17, 15) is 4.79 Å². The number of carbonyl (C=O) groups excluding carboxylic acids is 1. The van der Waals surface area contributed by atoms with E-state index in [2.05, 4.69) is 28.8 Å². The highest BCUT2D eigenvalue weighted by molar-refractivity contribution is 5.91. The minimum Gasteiger partial charge on any atom is -0.459 e. The Morgan fingerprint density at radius 1 is 1.59 bits per heavy atom. The number of hydrazine groups is 1. The molecule has 5 heteroatoms. The van der Waals surface area contributed by atoms with Gasteiger partial charge >= 0.3 is 5.91 Å². The second-order valence-electron chi connectivity index (χ2n) is 3.93. The molecule has 1 amide bonds. The summed E-state index contributed by atoms with van der Waals surface area (Å²) in [7, 11) is 0. The van der Waals surface area contributed by atoms with E-state index in [0.717, 1.165) is 31.8 Å². The lowest BCUT2D eigenvalue weighted by Crippen LogP contribution is -2.40. The molecule has 0 bridgehead atoms. The number of amides is 1. The summed E-state index contributed by atoms with van der Waals surface area (Å²) >= 11 is 0. The Morgan fingerprint density at radius 3 is 3.06 bits per heavy atom. The van der Waals surface area contributed by atoms with Gasteiger partial charge in [0.2, 0.25) is 0 Å². The molecule has 0 saturated heterocycles. The van der Waals surface area contributed by atoms with Crippen molar-refractivity contribution in [3.8, 4) is 0 Å². The molecule has 0 unspecified atom stereocenters. The van der Waals surface area contributed by atoms with Crippen LogP contribution in [0.3, 0.4) is 0 Å². The average molecular weight is 235 g/mol. The third-order valence-electron chi connectivity index (χ3n) is 2.82. The number of rotatable bonds is 4. The summed E-state index contributed by atoms with van der Waals surface area (Å²) in [5.41, 5.74) is 6.60. The monoisotopic (exact) mass is 235 g/mol. The van der Waals surface area contributed by atoms with Gasteiger partial charge in [0.1, 0.15) is 0 Å². The minimum absolute atomic E-state index is 0.256. The van der Waals surface area contributed by atoms with Gasteiger partial charge in [0.15, 0.2) is 5.76 Å². The molecule has 5 nitrogen and oxygen atoms in total. The number of hydrogen-bond acceptors (Lipinski definition) is 4. The third kappa shape index (κ3) is 3.10. The van der Waals surface area contributed by atoms with Crippen LogP contribution in [0, 0.1) is 0 Å². The molecule has 0 saturated carbocycles. The molecule has 1 aliphatic rings. The third-order valence-corrected chi connectivity index (χ3v) is 2.82. The number of hydrogen-bond donors (Lipinski definition) is 2. The Morgan fingerprint density at radius 2 is 2.47 bits per heavy atom. The smallest absolute Gasteiger partial charge is 0.305 e. The second kappa shape index (κ2) is 5.54. The van der Waals surface area contributed by atoms with Crippen molar-refractivity contribution >= 4 is 5.91 Å². The Balaban J connectivity index is 1.79. The number of likely N-dealkylation sites (N-methyl/N-ethyl adjacent to an activating group) is 1. The Hall–Kier alpha value is -1.75. The van der Waals surface area contributed by atoms with Crippen molar-refractivity contribution in [3.05, 3.63) is 35.9 Å². The van der Waals surface area contributed by atoms with Crippen LogP contribution in [-0.2, 0) is 0 Å². The van der Waals surface area contributed by atoms with Gasteiger partial charge in [-0.1, -0.05) is 6.92 Å². The SMILES string of the molecule is CCN1CC=C(NNC(=O)c2ccco2)CC1. The maximum absolute atomic E-state index is 11.6. The zero-order valence-electron chi connectivity index (χ0n) is 9.90. The van der Waals surface area contributed by atoms with Gasteiger partial charge in [0.25, 0.3) is 0 Å². The van der Waals surface area contributed by atoms with Crippen molar-refractivity contribution in [2.45, 2.75) is 13.3 Å². The molecule has 0 fully saturated rings. The molecule has 0 atom stereocenters. The van der Waals surface area contributed by atoms with E-state index in [4.69, 9.17) is 4.42 Å². The van der Waals surface area contributed by atoms with Gasteiger partial charge < -0.3 is 9.84 Å². The topological polar surface area (TPSA) is 57.5 Å². The molecule has 2 rings (SSSR count). The largest absolute Gasteiger partial charge is 0.459 e. The number of nitrogens with zero attached hydrogens (tertiary/aromatic N) is 1. The van der Waals surface area contributed by atoms with Crippen LogP contribution in [0.2, 0.25) is 0 Å². The highest BCUT2D eigenvalue weighted by Crippen LogP contribution is 2.06. The first-order chi connectivity index (χ1) is 8.29. The van der Waals surface area contributed by atoms with Crippen LogP contribution in [0.4, 0.5) is 0 Å². The van der Waals surface area contributed by atoms with Crippen LogP contribution in [0.1, 0.15) is 23.9 Å². The normalized spacial score (nSPS) is 16.4. The van der Waals surface area contributed by atoms with Crippen molar-refractivity contribution in [2.75, 3.05) is 19.6 Å². The van der Waals surface area contributed by atoms with E-state index >= 15 is 0 Å². The molecule has 0 spiro atoms. The molecule has 0 aromatic carbocycles. The first kappa shape index (κ1) is 11.7. The van der Waals surface area contributed by atoms with Gasteiger partial charge in [-0.25, -0.2) is 0 Å². The van der Waals surface area contributed by atoms with Crippen LogP contribution in [0.25, 0.3) is 0 Å². The van der Waals surface area contributed by atoms with E-state index in [0.29, 0.717) is 5.76 Å². The Kier molecular flexibility index (Phi) is 3.82. The van der Waals surface area contributed by atoms with Crippen LogP contribution in [-0.4, -0.2) is 30.4 Å². The van der Waals surface area contributed by atoms with Crippen LogP contribution in [0.15, 0.2) is 34.6 Å². The standard InChI is InChI=1S/C12H17N3O2/c1-2-15-7-5-10(6-8-15)13-14-12(16)11-4-3-9-17-11/h3-5,9,13H,2,6-8H2,1H3,(H,14,16). The van der Waals surface area contributed by atoms with Gasteiger partial charge in [-0.05, 0) is 24.8 Å². The van der Waals surface area contributed by atoms with Crippen molar-refractivity contribution in [2.24, 2.45) is 0 Å². The van der Waals surface area contributed by atoms with E-state index in [1.165, 1.54) is 6.26 Å². The summed E-state index contributed by atoms with van der Waals surface area (Å²) in [6.07, 6.45) is 4.50. The van der Waals surface area contributed by atoms with E-state index < -0.39 is 0 Å². The molecule has 0 aliphatic carbocycles. The minimum atomic E-state index is -0.256. The lowest BCUT2D eigenvalue weighted by molar-refractivity contribution is 0.0909. The summed E-state index contributed by atoms with van der Waals surface area (Å²) < 4.78 is 4.99. The molecular weight excluding hydrogens is 218 g/mol. The molecule has 2 heterocycles. The number of nitrogens with one attached hydrogen (secondary N) is 2. The second-order valence-corrected chi connectivity index (χ2v) is 3.93. The predicted octanol–water partition coefficient (Wildman–Crippen LogP) is 1.12. The van der Waals surface area contributed by atoms with Gasteiger partial charge in [-0.15, -0.1) is 0 Å². The maximum Gasteiger partial charge on any atom is 0.305 e. The highest BCUT2D eigenvalue weighted by Gasteiger charge is 2.11. The first-order valence-corrected chi connectivity index (χ1v) is 5.81.